The van der Waals surface area contributed by atoms with Gasteiger partial charge in [0.15, 0.2) is 0 Å². The van der Waals surface area contributed by atoms with Gasteiger partial charge >= 0.3 is 6.09 Å². The molecule has 4 nitrogen and oxygen atoms in total. The van der Waals surface area contributed by atoms with E-state index >= 15 is 0 Å². The minimum Gasteiger partial charge on any atom is -0.444 e. The summed E-state index contributed by atoms with van der Waals surface area (Å²) in [7, 11) is 3.81. The maximum atomic E-state index is 11.6. The predicted molar refractivity (Wildman–Crippen MR) is 75.6 cm³/mol. The SMILES string of the molecule is CN(C)c1cc(Cl)cc(NC(=O)OC(C)(C)C)c1. The highest BCUT2D eigenvalue weighted by atomic mass is 35.5. The van der Waals surface area contributed by atoms with Gasteiger partial charge in [-0.1, -0.05) is 11.6 Å². The number of ether oxygens (including phenoxy) is 1. The Bertz CT molecular complexity index is 439. The number of benzene rings is 1. The molecule has 5 heteroatoms. The van der Waals surface area contributed by atoms with E-state index in [2.05, 4.69) is 5.32 Å². The summed E-state index contributed by atoms with van der Waals surface area (Å²) in [6.07, 6.45) is -0.491. The Kier molecular flexibility index (Phi) is 4.46. The molecule has 0 aliphatic heterocycles. The van der Waals surface area contributed by atoms with Crippen LogP contribution < -0.4 is 10.2 Å². The Morgan fingerprint density at radius 2 is 1.89 bits per heavy atom. The third-order valence-corrected chi connectivity index (χ3v) is 2.26. The molecular formula is C13H19ClN2O2. The Morgan fingerprint density at radius 3 is 2.39 bits per heavy atom. The number of hydrogen-bond acceptors (Lipinski definition) is 3. The van der Waals surface area contributed by atoms with E-state index in [1.165, 1.54) is 0 Å². The van der Waals surface area contributed by atoms with Crippen molar-refractivity contribution in [3.63, 3.8) is 0 Å². The van der Waals surface area contributed by atoms with Crippen molar-refractivity contribution in [3.8, 4) is 0 Å². The van der Waals surface area contributed by atoms with Gasteiger partial charge in [0.2, 0.25) is 0 Å². The molecule has 1 N–H and O–H groups in total. The zero-order valence-electron chi connectivity index (χ0n) is 11.4. The molecule has 0 radical (unpaired) electrons. The average molecular weight is 271 g/mol. The van der Waals surface area contributed by atoms with Crippen molar-refractivity contribution in [1.82, 2.24) is 0 Å². The molecule has 0 saturated carbocycles. The zero-order chi connectivity index (χ0) is 13.9. The quantitative estimate of drug-likeness (QED) is 0.890. The van der Waals surface area contributed by atoms with Crippen LogP contribution in [-0.4, -0.2) is 25.8 Å². The summed E-state index contributed by atoms with van der Waals surface area (Å²) in [5.74, 6) is 0. The molecule has 0 atom stereocenters. The molecular weight excluding hydrogens is 252 g/mol. The molecule has 1 aromatic rings. The summed E-state index contributed by atoms with van der Waals surface area (Å²) in [4.78, 5) is 13.5. The smallest absolute Gasteiger partial charge is 0.412 e. The number of rotatable bonds is 2. The Balaban J connectivity index is 2.82. The van der Waals surface area contributed by atoms with Crippen LogP contribution in [-0.2, 0) is 4.74 Å². The Labute approximate surface area is 113 Å². The van der Waals surface area contributed by atoms with Gasteiger partial charge in [0.05, 0.1) is 0 Å². The van der Waals surface area contributed by atoms with E-state index in [1.54, 1.807) is 6.07 Å². The number of halogens is 1. The fourth-order valence-electron chi connectivity index (χ4n) is 1.33. The highest BCUT2D eigenvalue weighted by Gasteiger charge is 2.16. The number of amides is 1. The monoisotopic (exact) mass is 270 g/mol. The molecule has 0 bridgehead atoms. The van der Waals surface area contributed by atoms with Crippen LogP contribution in [0.5, 0.6) is 0 Å². The van der Waals surface area contributed by atoms with E-state index < -0.39 is 11.7 Å². The molecule has 1 aromatic carbocycles. The average Bonchev–Trinajstić information content (AvgIpc) is 2.12. The number of anilines is 2. The van der Waals surface area contributed by atoms with Crippen LogP contribution in [0, 0.1) is 0 Å². The Hall–Kier alpha value is -1.42. The summed E-state index contributed by atoms with van der Waals surface area (Å²) in [6.45, 7) is 5.45. The van der Waals surface area contributed by atoms with Gasteiger partial charge in [0, 0.05) is 30.5 Å². The molecule has 0 heterocycles. The second-order valence-corrected chi connectivity index (χ2v) is 5.66. The first-order chi connectivity index (χ1) is 8.17. The van der Waals surface area contributed by atoms with Crippen molar-refractivity contribution in [2.45, 2.75) is 26.4 Å². The van der Waals surface area contributed by atoms with Gasteiger partial charge in [-0.2, -0.15) is 0 Å². The van der Waals surface area contributed by atoms with Crippen molar-refractivity contribution in [1.29, 1.82) is 0 Å². The minimum atomic E-state index is -0.521. The number of nitrogens with zero attached hydrogens (tertiary/aromatic N) is 1. The van der Waals surface area contributed by atoms with Crippen molar-refractivity contribution >= 4 is 29.1 Å². The fraction of sp³-hybridized carbons (Fsp3) is 0.462. The van der Waals surface area contributed by atoms with Crippen molar-refractivity contribution in [3.05, 3.63) is 23.2 Å². The van der Waals surface area contributed by atoms with Crippen molar-refractivity contribution in [2.75, 3.05) is 24.3 Å². The molecule has 1 rings (SSSR count). The second-order valence-electron chi connectivity index (χ2n) is 5.22. The summed E-state index contributed by atoms with van der Waals surface area (Å²) in [5.41, 5.74) is 1.00. The first kappa shape index (κ1) is 14.6. The van der Waals surface area contributed by atoms with Gasteiger partial charge < -0.3 is 9.64 Å². The highest BCUT2D eigenvalue weighted by molar-refractivity contribution is 6.31. The molecule has 1 amide bonds. The van der Waals surface area contributed by atoms with Crippen LogP contribution in [0.1, 0.15) is 20.8 Å². The lowest BCUT2D eigenvalue weighted by molar-refractivity contribution is 0.0636. The number of carbonyl (C=O) groups is 1. The van der Waals surface area contributed by atoms with E-state index in [0.717, 1.165) is 5.69 Å². The lowest BCUT2D eigenvalue weighted by Gasteiger charge is -2.20. The third kappa shape index (κ3) is 4.84. The number of nitrogens with one attached hydrogen (secondary N) is 1. The lowest BCUT2D eigenvalue weighted by atomic mass is 10.2. The van der Waals surface area contributed by atoms with Crippen LogP contribution in [0.4, 0.5) is 16.2 Å². The van der Waals surface area contributed by atoms with E-state index in [-0.39, 0.29) is 0 Å². The Morgan fingerprint density at radius 1 is 1.28 bits per heavy atom. The highest BCUT2D eigenvalue weighted by Crippen LogP contribution is 2.24. The lowest BCUT2D eigenvalue weighted by Crippen LogP contribution is -2.27. The minimum absolute atomic E-state index is 0.491. The van der Waals surface area contributed by atoms with Gasteiger partial charge in [0.1, 0.15) is 5.60 Å². The third-order valence-electron chi connectivity index (χ3n) is 2.04. The van der Waals surface area contributed by atoms with Gasteiger partial charge in [-0.25, -0.2) is 4.79 Å². The van der Waals surface area contributed by atoms with Crippen molar-refractivity contribution < 1.29 is 9.53 Å². The molecule has 0 saturated heterocycles. The van der Waals surface area contributed by atoms with E-state index in [0.29, 0.717) is 10.7 Å². The van der Waals surface area contributed by atoms with Gasteiger partial charge in [-0.15, -0.1) is 0 Å². The van der Waals surface area contributed by atoms with E-state index in [9.17, 15) is 4.79 Å². The molecule has 100 valence electrons. The summed E-state index contributed by atoms with van der Waals surface area (Å²) in [6, 6.07) is 5.33. The largest absolute Gasteiger partial charge is 0.444 e. The molecule has 0 spiro atoms. The van der Waals surface area contributed by atoms with E-state index in [1.807, 2.05) is 51.9 Å². The van der Waals surface area contributed by atoms with Crippen LogP contribution in [0.2, 0.25) is 5.02 Å². The van der Waals surface area contributed by atoms with E-state index in [4.69, 9.17) is 16.3 Å². The van der Waals surface area contributed by atoms with Gasteiger partial charge in [0.25, 0.3) is 0 Å². The van der Waals surface area contributed by atoms with Crippen LogP contribution in [0.3, 0.4) is 0 Å². The van der Waals surface area contributed by atoms with Crippen LogP contribution in [0.15, 0.2) is 18.2 Å². The fourth-order valence-corrected chi connectivity index (χ4v) is 1.56. The van der Waals surface area contributed by atoms with Crippen LogP contribution in [0.25, 0.3) is 0 Å². The molecule has 18 heavy (non-hydrogen) atoms. The van der Waals surface area contributed by atoms with Crippen molar-refractivity contribution in [2.24, 2.45) is 0 Å². The standard InChI is InChI=1S/C13H19ClN2O2/c1-13(2,3)18-12(17)15-10-6-9(14)7-11(8-10)16(4)5/h6-8H,1-5H3,(H,15,17). The van der Waals surface area contributed by atoms with Gasteiger partial charge in [-0.3, -0.25) is 5.32 Å². The maximum Gasteiger partial charge on any atom is 0.412 e. The maximum absolute atomic E-state index is 11.6. The van der Waals surface area contributed by atoms with Gasteiger partial charge in [-0.05, 0) is 39.0 Å². The first-order valence-electron chi connectivity index (χ1n) is 5.65. The summed E-state index contributed by atoms with van der Waals surface area (Å²) < 4.78 is 5.18. The summed E-state index contributed by atoms with van der Waals surface area (Å²) >= 11 is 5.99. The topological polar surface area (TPSA) is 41.6 Å². The molecule has 0 aliphatic rings. The van der Waals surface area contributed by atoms with Crippen LogP contribution >= 0.6 is 11.6 Å². The first-order valence-corrected chi connectivity index (χ1v) is 6.03. The number of hydrogen-bond donors (Lipinski definition) is 1. The molecule has 0 fully saturated rings. The predicted octanol–water partition coefficient (Wildman–Crippen LogP) is 3.75. The summed E-state index contributed by atoms with van der Waals surface area (Å²) in [5, 5.41) is 3.22. The normalized spacial score (nSPS) is 11.0. The molecule has 0 aromatic heterocycles. The molecule has 0 unspecified atom stereocenters. The zero-order valence-corrected chi connectivity index (χ0v) is 12.1. The number of carbonyl (C=O) groups excluding carboxylic acids is 1. The second kappa shape index (κ2) is 5.48. The molecule has 0 aliphatic carbocycles.